The van der Waals surface area contributed by atoms with Crippen LogP contribution in [0.2, 0.25) is 0 Å². The molecule has 0 aliphatic heterocycles. The van der Waals surface area contributed by atoms with Gasteiger partial charge >= 0.3 is 5.97 Å². The monoisotopic (exact) mass is 242 g/mol. The molecule has 0 amide bonds. The Hall–Kier alpha value is -0.530. The molecule has 0 N–H and O–H groups in total. The second-order valence-electron chi connectivity index (χ2n) is 4.77. The van der Waals surface area contributed by atoms with Gasteiger partial charge in [0.05, 0.1) is 12.5 Å². The van der Waals surface area contributed by atoms with Gasteiger partial charge in [-0.2, -0.15) is 0 Å². The fourth-order valence-electron chi connectivity index (χ4n) is 2.10. The van der Waals surface area contributed by atoms with Gasteiger partial charge in [-0.1, -0.05) is 58.8 Å². The van der Waals surface area contributed by atoms with Crippen molar-refractivity contribution in [1.82, 2.24) is 0 Å². The zero-order valence-electron chi connectivity index (χ0n) is 12.0. The van der Waals surface area contributed by atoms with Crippen molar-refractivity contribution in [2.24, 2.45) is 5.92 Å². The third-order valence-corrected chi connectivity index (χ3v) is 3.27. The molecule has 0 radical (unpaired) electrons. The molecule has 1 atom stereocenters. The van der Waals surface area contributed by atoms with Crippen LogP contribution >= 0.6 is 0 Å². The van der Waals surface area contributed by atoms with Crippen molar-refractivity contribution in [3.63, 3.8) is 0 Å². The van der Waals surface area contributed by atoms with Gasteiger partial charge in [0.2, 0.25) is 0 Å². The first-order valence-electron chi connectivity index (χ1n) is 7.42. The number of hydrogen-bond acceptors (Lipinski definition) is 2. The van der Waals surface area contributed by atoms with Crippen molar-refractivity contribution in [1.29, 1.82) is 0 Å². The molecular weight excluding hydrogens is 212 g/mol. The summed E-state index contributed by atoms with van der Waals surface area (Å²) in [6.45, 7) is 6.69. The summed E-state index contributed by atoms with van der Waals surface area (Å²) in [5, 5.41) is 0. The number of ether oxygens (including phenoxy) is 1. The molecule has 1 unspecified atom stereocenters. The second-order valence-corrected chi connectivity index (χ2v) is 4.77. The standard InChI is InChI=1S/C15H30O2/c1-4-7-8-9-10-11-12-13-14(5-2)15(16)17-6-3/h14H,4-13H2,1-3H3. The number of rotatable bonds is 11. The largest absolute Gasteiger partial charge is 0.466 e. The molecule has 0 saturated carbocycles. The second kappa shape index (κ2) is 11.9. The van der Waals surface area contributed by atoms with Gasteiger partial charge in [0, 0.05) is 0 Å². The zero-order chi connectivity index (χ0) is 12.9. The van der Waals surface area contributed by atoms with Gasteiger partial charge in [0.15, 0.2) is 0 Å². The predicted octanol–water partition coefficient (Wildman–Crippen LogP) is 4.72. The molecule has 0 saturated heterocycles. The SMILES string of the molecule is CCCCCCCCCC(CC)C(=O)OCC. The highest BCUT2D eigenvalue weighted by Crippen LogP contribution is 2.16. The molecule has 0 aliphatic rings. The van der Waals surface area contributed by atoms with Gasteiger partial charge in [0.1, 0.15) is 0 Å². The third-order valence-electron chi connectivity index (χ3n) is 3.27. The van der Waals surface area contributed by atoms with Crippen molar-refractivity contribution in [3.8, 4) is 0 Å². The maximum Gasteiger partial charge on any atom is 0.308 e. The van der Waals surface area contributed by atoms with Crippen LogP contribution in [0, 0.1) is 5.92 Å². The van der Waals surface area contributed by atoms with Gasteiger partial charge in [-0.05, 0) is 19.8 Å². The number of carbonyl (C=O) groups is 1. The molecule has 0 heterocycles. The van der Waals surface area contributed by atoms with Crippen LogP contribution in [0.4, 0.5) is 0 Å². The van der Waals surface area contributed by atoms with Crippen LogP contribution in [-0.4, -0.2) is 12.6 Å². The number of unbranched alkanes of at least 4 members (excludes halogenated alkanes) is 6. The molecule has 0 spiro atoms. The average molecular weight is 242 g/mol. The summed E-state index contributed by atoms with van der Waals surface area (Å²) < 4.78 is 5.07. The Kier molecular flexibility index (Phi) is 11.6. The summed E-state index contributed by atoms with van der Waals surface area (Å²) in [6.07, 6.45) is 11.1. The quantitative estimate of drug-likeness (QED) is 0.387. The Labute approximate surface area is 107 Å². The first kappa shape index (κ1) is 16.5. The minimum atomic E-state index is 0.000910. The third kappa shape index (κ3) is 9.20. The van der Waals surface area contributed by atoms with E-state index < -0.39 is 0 Å². The Morgan fingerprint density at radius 1 is 0.941 bits per heavy atom. The normalized spacial score (nSPS) is 12.4. The predicted molar refractivity (Wildman–Crippen MR) is 73.0 cm³/mol. The van der Waals surface area contributed by atoms with Crippen molar-refractivity contribution >= 4 is 5.97 Å². The van der Waals surface area contributed by atoms with Crippen LogP contribution in [0.1, 0.15) is 78.6 Å². The van der Waals surface area contributed by atoms with E-state index >= 15 is 0 Å². The molecular formula is C15H30O2. The minimum absolute atomic E-state index is 0.000910. The van der Waals surface area contributed by atoms with E-state index in [1.807, 2.05) is 6.92 Å². The van der Waals surface area contributed by atoms with Crippen LogP contribution < -0.4 is 0 Å². The van der Waals surface area contributed by atoms with E-state index in [9.17, 15) is 4.79 Å². The molecule has 0 aromatic heterocycles. The van der Waals surface area contributed by atoms with Crippen LogP contribution in [0.3, 0.4) is 0 Å². The lowest BCUT2D eigenvalue weighted by atomic mass is 9.98. The lowest BCUT2D eigenvalue weighted by molar-refractivity contribution is -0.148. The van der Waals surface area contributed by atoms with Gasteiger partial charge in [0.25, 0.3) is 0 Å². The van der Waals surface area contributed by atoms with Crippen LogP contribution in [0.25, 0.3) is 0 Å². The molecule has 2 heteroatoms. The van der Waals surface area contributed by atoms with Crippen molar-refractivity contribution < 1.29 is 9.53 Å². The molecule has 0 rings (SSSR count). The number of hydrogen-bond donors (Lipinski definition) is 0. The highest BCUT2D eigenvalue weighted by molar-refractivity contribution is 5.72. The number of esters is 1. The molecule has 17 heavy (non-hydrogen) atoms. The first-order chi connectivity index (χ1) is 8.26. The Morgan fingerprint density at radius 2 is 1.53 bits per heavy atom. The van der Waals surface area contributed by atoms with E-state index in [-0.39, 0.29) is 11.9 Å². The highest BCUT2D eigenvalue weighted by atomic mass is 16.5. The van der Waals surface area contributed by atoms with E-state index in [2.05, 4.69) is 13.8 Å². The Balaban J connectivity index is 3.46. The van der Waals surface area contributed by atoms with Gasteiger partial charge < -0.3 is 4.74 Å². The van der Waals surface area contributed by atoms with Crippen molar-refractivity contribution in [2.75, 3.05) is 6.61 Å². The minimum Gasteiger partial charge on any atom is -0.466 e. The molecule has 0 aliphatic carbocycles. The van der Waals surface area contributed by atoms with Crippen molar-refractivity contribution in [3.05, 3.63) is 0 Å². The van der Waals surface area contributed by atoms with E-state index in [0.29, 0.717) is 6.61 Å². The smallest absolute Gasteiger partial charge is 0.308 e. The topological polar surface area (TPSA) is 26.3 Å². The highest BCUT2D eigenvalue weighted by Gasteiger charge is 2.16. The average Bonchev–Trinajstić information content (AvgIpc) is 2.33. The lowest BCUT2D eigenvalue weighted by Gasteiger charge is -2.12. The van der Waals surface area contributed by atoms with Gasteiger partial charge in [-0.15, -0.1) is 0 Å². The lowest BCUT2D eigenvalue weighted by Crippen LogP contribution is -2.16. The van der Waals surface area contributed by atoms with E-state index in [1.54, 1.807) is 0 Å². The van der Waals surface area contributed by atoms with Crippen LogP contribution in [0.15, 0.2) is 0 Å². The summed E-state index contributed by atoms with van der Waals surface area (Å²) in [6, 6.07) is 0. The maximum atomic E-state index is 11.6. The summed E-state index contributed by atoms with van der Waals surface area (Å²) in [5.41, 5.74) is 0. The Bertz CT molecular complexity index is 178. The maximum absolute atomic E-state index is 11.6. The summed E-state index contributed by atoms with van der Waals surface area (Å²) in [5.74, 6) is 0.131. The van der Waals surface area contributed by atoms with Crippen LogP contribution in [-0.2, 0) is 9.53 Å². The van der Waals surface area contributed by atoms with Gasteiger partial charge in [-0.3, -0.25) is 4.79 Å². The van der Waals surface area contributed by atoms with Crippen molar-refractivity contribution in [2.45, 2.75) is 78.6 Å². The van der Waals surface area contributed by atoms with E-state index in [0.717, 1.165) is 12.8 Å². The van der Waals surface area contributed by atoms with Crippen LogP contribution in [0.5, 0.6) is 0 Å². The van der Waals surface area contributed by atoms with E-state index in [1.165, 1.54) is 44.9 Å². The fraction of sp³-hybridized carbons (Fsp3) is 0.933. The molecule has 102 valence electrons. The molecule has 0 aromatic rings. The Morgan fingerprint density at radius 3 is 2.06 bits per heavy atom. The first-order valence-corrected chi connectivity index (χ1v) is 7.42. The molecule has 2 nitrogen and oxygen atoms in total. The summed E-state index contributed by atoms with van der Waals surface area (Å²) in [4.78, 5) is 11.6. The fourth-order valence-corrected chi connectivity index (χ4v) is 2.10. The summed E-state index contributed by atoms with van der Waals surface area (Å²) >= 11 is 0. The zero-order valence-corrected chi connectivity index (χ0v) is 12.0. The molecule has 0 bridgehead atoms. The summed E-state index contributed by atoms with van der Waals surface area (Å²) in [7, 11) is 0. The molecule has 0 aromatic carbocycles. The van der Waals surface area contributed by atoms with E-state index in [4.69, 9.17) is 4.74 Å². The molecule has 0 fully saturated rings. The number of carbonyl (C=O) groups excluding carboxylic acids is 1. The van der Waals surface area contributed by atoms with Gasteiger partial charge in [-0.25, -0.2) is 0 Å².